The smallest absolute Gasteiger partial charge is 0.207 e. The highest BCUT2D eigenvalue weighted by molar-refractivity contribution is 7.80. The van der Waals surface area contributed by atoms with Crippen molar-refractivity contribution in [3.63, 3.8) is 0 Å². The van der Waals surface area contributed by atoms with Crippen molar-refractivity contribution in [2.75, 3.05) is 12.7 Å². The zero-order valence-electron chi connectivity index (χ0n) is 25.8. The molecule has 0 saturated carbocycles. The third kappa shape index (κ3) is 5.97. The fourth-order valence-corrected chi connectivity index (χ4v) is 17.3. The Morgan fingerprint density at radius 2 is 0.848 bits per heavy atom. The van der Waals surface area contributed by atoms with Crippen molar-refractivity contribution < 1.29 is 4.57 Å². The van der Waals surface area contributed by atoms with Crippen molar-refractivity contribution in [1.82, 2.24) is 4.67 Å². The molecule has 46 heavy (non-hydrogen) atoms. The van der Waals surface area contributed by atoms with Gasteiger partial charge in [0.2, 0.25) is 7.29 Å². The minimum atomic E-state index is -3.27. The maximum absolute atomic E-state index is 16.4. The average molecular weight is 654 g/mol. The fourth-order valence-electron chi connectivity index (χ4n) is 6.98. The Bertz CT molecular complexity index is 1750. The molecule has 1 fully saturated rings. The third-order valence-electron chi connectivity index (χ3n) is 8.97. The summed E-state index contributed by atoms with van der Waals surface area (Å²) in [5.74, 6) is 0. The second kappa shape index (κ2) is 14.0. The van der Waals surface area contributed by atoms with E-state index in [1.165, 1.54) is 21.2 Å². The molecule has 0 N–H and O–H groups in total. The Kier molecular flexibility index (Phi) is 9.44. The molecule has 1 unspecified atom stereocenters. The van der Waals surface area contributed by atoms with Crippen LogP contribution in [0.5, 0.6) is 0 Å². The highest BCUT2D eigenvalue weighted by Crippen LogP contribution is 2.67. The summed E-state index contributed by atoms with van der Waals surface area (Å²) < 4.78 is 18.9. The minimum absolute atomic E-state index is 0.378. The van der Waals surface area contributed by atoms with Crippen LogP contribution in [0.4, 0.5) is 0 Å². The Labute approximate surface area is 276 Å². The number of benzene rings is 6. The van der Waals surface area contributed by atoms with Crippen molar-refractivity contribution >= 4 is 55.0 Å². The summed E-state index contributed by atoms with van der Waals surface area (Å²) >= 11 is 0. The van der Waals surface area contributed by atoms with Crippen molar-refractivity contribution in [3.05, 3.63) is 182 Å². The van der Waals surface area contributed by atoms with E-state index in [9.17, 15) is 0 Å². The van der Waals surface area contributed by atoms with Gasteiger partial charge in [0.15, 0.2) is 0 Å². The Hall–Kier alpha value is -3.63. The van der Waals surface area contributed by atoms with E-state index in [1.54, 1.807) is 0 Å². The Morgan fingerprint density at radius 1 is 0.500 bits per heavy atom. The Morgan fingerprint density at radius 3 is 1.24 bits per heavy atom. The van der Waals surface area contributed by atoms with Crippen LogP contribution in [0.15, 0.2) is 182 Å². The van der Waals surface area contributed by atoms with Crippen molar-refractivity contribution in [1.29, 1.82) is 0 Å². The predicted molar refractivity (Wildman–Crippen MR) is 201 cm³/mol. The molecule has 1 heterocycles. The Balaban J connectivity index is 1.52. The van der Waals surface area contributed by atoms with E-state index in [-0.39, 0.29) is 5.28 Å². The zero-order chi connectivity index (χ0) is 31.2. The number of rotatable bonds is 10. The van der Waals surface area contributed by atoms with Gasteiger partial charge in [-0.2, -0.15) is 0 Å². The van der Waals surface area contributed by atoms with E-state index in [0.717, 1.165) is 36.2 Å². The average Bonchev–Trinajstić information content (AvgIpc) is 3.57. The highest BCUT2D eigenvalue weighted by atomic mass is 31.2. The van der Waals surface area contributed by atoms with Crippen LogP contribution in [-0.2, 0) is 4.57 Å². The van der Waals surface area contributed by atoms with Crippen LogP contribution in [0.25, 0.3) is 0 Å². The van der Waals surface area contributed by atoms with Gasteiger partial charge in [0.1, 0.15) is 0 Å². The van der Waals surface area contributed by atoms with Crippen LogP contribution in [0.3, 0.4) is 0 Å². The van der Waals surface area contributed by atoms with Gasteiger partial charge in [-0.15, -0.1) is 0 Å². The fraction of sp³-hybridized carbons (Fsp3) is 0.122. The lowest BCUT2D eigenvalue weighted by atomic mass is 10.2. The molecule has 0 aromatic heterocycles. The van der Waals surface area contributed by atoms with Crippen molar-refractivity contribution in [2.24, 2.45) is 0 Å². The van der Waals surface area contributed by atoms with E-state index < -0.39 is 23.1 Å². The SMILES string of the molecule is O=P(c1ccccc1)(c1ccccc1)N1CCCC1(CP(c1ccccc1)c1ccccc1)P(c1ccccc1)c1ccccc1. The molecule has 2 nitrogen and oxygen atoms in total. The van der Waals surface area contributed by atoms with Gasteiger partial charge in [-0.1, -0.05) is 158 Å². The predicted octanol–water partition coefficient (Wildman–Crippen LogP) is 7.97. The summed E-state index contributed by atoms with van der Waals surface area (Å²) in [6.45, 7) is 0.784. The van der Waals surface area contributed by atoms with E-state index in [0.29, 0.717) is 0 Å². The first-order valence-electron chi connectivity index (χ1n) is 16.0. The molecule has 6 aromatic carbocycles. The number of nitrogens with zero attached hydrogens (tertiary/aromatic N) is 1. The molecule has 1 aliphatic rings. The molecule has 1 aliphatic heterocycles. The van der Waals surface area contributed by atoms with Crippen LogP contribution in [0.1, 0.15) is 12.8 Å². The zero-order valence-corrected chi connectivity index (χ0v) is 28.5. The lowest BCUT2D eigenvalue weighted by Gasteiger charge is -2.50. The first kappa shape index (κ1) is 31.0. The van der Waals surface area contributed by atoms with Crippen LogP contribution in [0.2, 0.25) is 0 Å². The van der Waals surface area contributed by atoms with Gasteiger partial charge < -0.3 is 0 Å². The van der Waals surface area contributed by atoms with Crippen LogP contribution in [0, 0.1) is 0 Å². The number of hydrogen-bond acceptors (Lipinski definition) is 1. The van der Waals surface area contributed by atoms with E-state index in [2.05, 4.69) is 150 Å². The summed E-state index contributed by atoms with van der Waals surface area (Å²) in [5.41, 5.74) is 0. The van der Waals surface area contributed by atoms with E-state index in [1.807, 2.05) is 36.4 Å². The summed E-state index contributed by atoms with van der Waals surface area (Å²) in [6.07, 6.45) is 2.88. The second-order valence-electron chi connectivity index (χ2n) is 11.7. The normalized spacial score (nSPS) is 17.0. The molecule has 1 atom stereocenters. The lowest BCUT2D eigenvalue weighted by Crippen LogP contribution is -2.51. The largest absolute Gasteiger partial charge is 0.296 e. The summed E-state index contributed by atoms with van der Waals surface area (Å²) in [4.78, 5) is 0. The van der Waals surface area contributed by atoms with E-state index in [4.69, 9.17) is 0 Å². The molecule has 0 bridgehead atoms. The first-order chi connectivity index (χ1) is 22.7. The van der Waals surface area contributed by atoms with Gasteiger partial charge in [-0.25, -0.2) is 4.67 Å². The molecule has 0 radical (unpaired) electrons. The van der Waals surface area contributed by atoms with Crippen LogP contribution in [-0.4, -0.2) is 22.7 Å². The summed E-state index contributed by atoms with van der Waals surface area (Å²) in [5, 5.41) is 6.83. The van der Waals surface area contributed by atoms with Gasteiger partial charge in [-0.3, -0.25) is 4.57 Å². The van der Waals surface area contributed by atoms with Crippen LogP contribution < -0.4 is 31.8 Å². The monoisotopic (exact) mass is 653 g/mol. The number of hydrogen-bond donors (Lipinski definition) is 0. The molecule has 0 spiro atoms. The summed E-state index contributed by atoms with van der Waals surface area (Å²) in [7, 11) is -5.01. The van der Waals surface area contributed by atoms with Gasteiger partial charge in [0, 0.05) is 17.2 Å². The quantitative estimate of drug-likeness (QED) is 0.140. The summed E-state index contributed by atoms with van der Waals surface area (Å²) in [6, 6.07) is 64.8. The van der Waals surface area contributed by atoms with Crippen LogP contribution >= 0.6 is 23.1 Å². The van der Waals surface area contributed by atoms with Gasteiger partial charge in [-0.05, 0) is 80.3 Å². The second-order valence-corrected chi connectivity index (χ2v) is 19.1. The molecular weight excluding hydrogens is 615 g/mol. The molecule has 1 saturated heterocycles. The molecular formula is C41H38NOP3. The highest BCUT2D eigenvalue weighted by Gasteiger charge is 2.56. The molecule has 0 amide bonds. The van der Waals surface area contributed by atoms with Crippen molar-refractivity contribution in [3.8, 4) is 0 Å². The lowest BCUT2D eigenvalue weighted by molar-refractivity contribution is 0.384. The molecule has 5 heteroatoms. The maximum Gasteiger partial charge on any atom is 0.207 e. The minimum Gasteiger partial charge on any atom is -0.296 e. The molecule has 228 valence electrons. The molecule has 0 aliphatic carbocycles. The standard InChI is InChI=1S/C41H38NOP3/c43-46(39-28-15-5-16-29-39,40-30-17-6-18-31-40)42-33-19-32-41(42,45(37-24-11-3-12-25-37)38-26-13-4-14-27-38)34-44(35-20-7-1-8-21-35)36-22-9-2-10-23-36/h1-18,20-31H,19,32-34H2. The molecule has 7 rings (SSSR count). The van der Waals surface area contributed by atoms with Gasteiger partial charge in [0.25, 0.3) is 0 Å². The van der Waals surface area contributed by atoms with Gasteiger partial charge >= 0.3 is 0 Å². The third-order valence-corrected chi connectivity index (χ3v) is 18.4. The van der Waals surface area contributed by atoms with E-state index >= 15 is 4.57 Å². The van der Waals surface area contributed by atoms with Crippen molar-refractivity contribution in [2.45, 2.75) is 18.1 Å². The van der Waals surface area contributed by atoms with Gasteiger partial charge in [0.05, 0.1) is 5.28 Å². The maximum atomic E-state index is 16.4. The topological polar surface area (TPSA) is 20.3 Å². The molecule has 6 aromatic rings. The first-order valence-corrected chi connectivity index (χ1v) is 20.5.